The van der Waals surface area contributed by atoms with Crippen LogP contribution >= 0.6 is 0 Å². The van der Waals surface area contributed by atoms with Gasteiger partial charge >= 0.3 is 0 Å². The molecule has 0 atom stereocenters. The Kier molecular flexibility index (Phi) is 11.4. The number of hydrogen-bond donors (Lipinski definition) is 0. The van der Waals surface area contributed by atoms with E-state index in [1.165, 1.54) is 0 Å². The molecule has 0 bridgehead atoms. The topological polar surface area (TPSA) is 68.3 Å². The summed E-state index contributed by atoms with van der Waals surface area (Å²) in [5, 5.41) is 0. The van der Waals surface area contributed by atoms with Crippen LogP contribution in [-0.4, -0.2) is 23.1 Å². The minimum atomic E-state index is 0.0327. The van der Waals surface area contributed by atoms with Crippen molar-refractivity contribution < 1.29 is 19.2 Å². The summed E-state index contributed by atoms with van der Waals surface area (Å²) in [6.07, 6.45) is 4.40. The van der Waals surface area contributed by atoms with E-state index in [2.05, 4.69) is 0 Å². The van der Waals surface area contributed by atoms with Crippen molar-refractivity contribution in [2.45, 2.75) is 85.5 Å². The standard InChI is InChI=1S/C19H32O4/c1-14(2)18(22)12-6-10-16(20)8-5-9-17(21)11-7-13-19(23)15(3)4/h14-15H,5-13H2,1-4H3. The number of Topliss-reactive ketones (excluding diaryl/α,β-unsaturated/α-hetero) is 4. The van der Waals surface area contributed by atoms with Crippen LogP contribution < -0.4 is 0 Å². The van der Waals surface area contributed by atoms with Gasteiger partial charge in [-0.05, 0) is 19.3 Å². The molecule has 0 saturated heterocycles. The van der Waals surface area contributed by atoms with Crippen molar-refractivity contribution in [2.75, 3.05) is 0 Å². The van der Waals surface area contributed by atoms with Crippen LogP contribution in [0.4, 0.5) is 0 Å². The molecule has 0 heterocycles. The van der Waals surface area contributed by atoms with E-state index in [0.29, 0.717) is 57.8 Å². The first-order valence-electron chi connectivity index (χ1n) is 8.82. The molecule has 0 amide bonds. The van der Waals surface area contributed by atoms with Crippen LogP contribution in [0.5, 0.6) is 0 Å². The molecular formula is C19H32O4. The quantitative estimate of drug-likeness (QED) is 0.482. The average Bonchev–Trinajstić information content (AvgIpc) is 2.46. The van der Waals surface area contributed by atoms with Crippen molar-refractivity contribution >= 4 is 23.1 Å². The largest absolute Gasteiger partial charge is 0.300 e. The smallest absolute Gasteiger partial charge is 0.135 e. The monoisotopic (exact) mass is 324 g/mol. The van der Waals surface area contributed by atoms with Crippen molar-refractivity contribution in [3.63, 3.8) is 0 Å². The Morgan fingerprint density at radius 2 is 0.783 bits per heavy atom. The minimum absolute atomic E-state index is 0.0327. The summed E-state index contributed by atoms with van der Waals surface area (Å²) in [6.45, 7) is 7.46. The van der Waals surface area contributed by atoms with Gasteiger partial charge in [0.2, 0.25) is 0 Å². The van der Waals surface area contributed by atoms with Crippen molar-refractivity contribution in [1.82, 2.24) is 0 Å². The van der Waals surface area contributed by atoms with Crippen LogP contribution in [0.15, 0.2) is 0 Å². The third-order valence-electron chi connectivity index (χ3n) is 3.96. The average molecular weight is 324 g/mol. The Hall–Kier alpha value is -1.32. The van der Waals surface area contributed by atoms with Crippen molar-refractivity contribution in [3.05, 3.63) is 0 Å². The summed E-state index contributed by atoms with van der Waals surface area (Å²) >= 11 is 0. The van der Waals surface area contributed by atoms with Gasteiger partial charge in [-0.25, -0.2) is 0 Å². The van der Waals surface area contributed by atoms with Gasteiger partial charge in [0, 0.05) is 50.4 Å². The fourth-order valence-corrected chi connectivity index (χ4v) is 2.23. The van der Waals surface area contributed by atoms with Gasteiger partial charge in [0.1, 0.15) is 23.1 Å². The number of hydrogen-bond acceptors (Lipinski definition) is 4. The third-order valence-corrected chi connectivity index (χ3v) is 3.96. The van der Waals surface area contributed by atoms with Gasteiger partial charge < -0.3 is 0 Å². The Bertz CT molecular complexity index is 370. The Morgan fingerprint density at radius 1 is 0.522 bits per heavy atom. The number of carbonyl (C=O) groups excluding carboxylic acids is 4. The normalized spacial score (nSPS) is 11.0. The van der Waals surface area contributed by atoms with E-state index in [0.717, 1.165) is 0 Å². The van der Waals surface area contributed by atoms with Crippen molar-refractivity contribution in [2.24, 2.45) is 11.8 Å². The molecule has 0 aromatic carbocycles. The predicted molar refractivity (Wildman–Crippen MR) is 91.3 cm³/mol. The second-order valence-corrected chi connectivity index (χ2v) is 6.88. The van der Waals surface area contributed by atoms with E-state index in [1.807, 2.05) is 27.7 Å². The highest BCUT2D eigenvalue weighted by atomic mass is 16.1. The fourth-order valence-electron chi connectivity index (χ4n) is 2.23. The molecule has 0 aliphatic carbocycles. The maximum atomic E-state index is 11.7. The molecule has 0 aliphatic heterocycles. The lowest BCUT2D eigenvalue weighted by atomic mass is 9.99. The number of ketones is 4. The Labute approximate surface area is 140 Å². The van der Waals surface area contributed by atoms with Crippen molar-refractivity contribution in [3.8, 4) is 0 Å². The fraction of sp³-hybridized carbons (Fsp3) is 0.789. The molecule has 0 unspecified atom stereocenters. The molecular weight excluding hydrogens is 292 g/mol. The lowest BCUT2D eigenvalue weighted by molar-refractivity contribution is -0.123. The van der Waals surface area contributed by atoms with E-state index >= 15 is 0 Å². The summed E-state index contributed by atoms with van der Waals surface area (Å²) in [7, 11) is 0. The summed E-state index contributed by atoms with van der Waals surface area (Å²) in [4.78, 5) is 46.2. The highest BCUT2D eigenvalue weighted by Gasteiger charge is 2.11. The minimum Gasteiger partial charge on any atom is -0.300 e. The lowest BCUT2D eigenvalue weighted by Gasteiger charge is -2.05. The first-order chi connectivity index (χ1) is 10.7. The van der Waals surface area contributed by atoms with Crippen LogP contribution in [-0.2, 0) is 19.2 Å². The number of carbonyl (C=O) groups is 4. The Balaban J connectivity index is 3.65. The van der Waals surface area contributed by atoms with E-state index in [4.69, 9.17) is 0 Å². The van der Waals surface area contributed by atoms with Gasteiger partial charge in [-0.3, -0.25) is 19.2 Å². The third kappa shape index (κ3) is 11.8. The molecule has 132 valence electrons. The van der Waals surface area contributed by atoms with E-state index in [-0.39, 0.29) is 35.0 Å². The highest BCUT2D eigenvalue weighted by molar-refractivity contribution is 5.84. The first-order valence-corrected chi connectivity index (χ1v) is 8.82. The lowest BCUT2D eigenvalue weighted by Crippen LogP contribution is -2.09. The molecule has 0 aromatic heterocycles. The van der Waals surface area contributed by atoms with Crippen LogP contribution in [0.1, 0.15) is 85.5 Å². The van der Waals surface area contributed by atoms with Gasteiger partial charge in [-0.1, -0.05) is 27.7 Å². The molecule has 4 heteroatoms. The molecule has 0 aromatic rings. The second-order valence-electron chi connectivity index (χ2n) is 6.88. The molecule has 4 nitrogen and oxygen atoms in total. The second kappa shape index (κ2) is 12.1. The van der Waals surface area contributed by atoms with E-state index in [9.17, 15) is 19.2 Å². The molecule has 0 N–H and O–H groups in total. The summed E-state index contributed by atoms with van der Waals surface area (Å²) in [5.41, 5.74) is 0. The molecule has 0 radical (unpaired) electrons. The van der Waals surface area contributed by atoms with Crippen molar-refractivity contribution in [1.29, 1.82) is 0 Å². The summed E-state index contributed by atoms with van der Waals surface area (Å²) in [5.74, 6) is 0.720. The highest BCUT2D eigenvalue weighted by Crippen LogP contribution is 2.10. The molecule has 23 heavy (non-hydrogen) atoms. The van der Waals surface area contributed by atoms with Gasteiger partial charge in [0.05, 0.1) is 0 Å². The van der Waals surface area contributed by atoms with Crippen LogP contribution in [0.25, 0.3) is 0 Å². The van der Waals surface area contributed by atoms with Gasteiger partial charge in [-0.2, -0.15) is 0 Å². The van der Waals surface area contributed by atoms with Gasteiger partial charge in [-0.15, -0.1) is 0 Å². The zero-order valence-corrected chi connectivity index (χ0v) is 15.2. The predicted octanol–water partition coefficient (Wildman–Crippen LogP) is 4.09. The van der Waals surface area contributed by atoms with Gasteiger partial charge in [0.15, 0.2) is 0 Å². The zero-order chi connectivity index (χ0) is 17.8. The maximum Gasteiger partial charge on any atom is 0.135 e. The van der Waals surface area contributed by atoms with Crippen LogP contribution in [0.2, 0.25) is 0 Å². The summed E-state index contributed by atoms with van der Waals surface area (Å²) in [6, 6.07) is 0. The Morgan fingerprint density at radius 3 is 1.04 bits per heavy atom. The van der Waals surface area contributed by atoms with E-state index in [1.54, 1.807) is 0 Å². The van der Waals surface area contributed by atoms with E-state index < -0.39 is 0 Å². The molecule has 0 saturated carbocycles. The molecule has 0 spiro atoms. The number of rotatable bonds is 14. The SMILES string of the molecule is CC(C)C(=O)CCCC(=O)CCCC(=O)CCCC(=O)C(C)C. The molecule has 0 rings (SSSR count). The molecule has 0 fully saturated rings. The van der Waals surface area contributed by atoms with Gasteiger partial charge in [0.25, 0.3) is 0 Å². The summed E-state index contributed by atoms with van der Waals surface area (Å²) < 4.78 is 0. The first kappa shape index (κ1) is 21.7. The maximum absolute atomic E-state index is 11.7. The van der Waals surface area contributed by atoms with Crippen LogP contribution in [0, 0.1) is 11.8 Å². The van der Waals surface area contributed by atoms with Crippen LogP contribution in [0.3, 0.4) is 0 Å². The molecule has 0 aliphatic rings. The zero-order valence-electron chi connectivity index (χ0n) is 15.2.